The summed E-state index contributed by atoms with van der Waals surface area (Å²) in [5.74, 6) is 0.0118. The second-order valence-corrected chi connectivity index (χ2v) is 5.10. The highest BCUT2D eigenvalue weighted by Crippen LogP contribution is 2.23. The molecular formula is C19H16NO-. The molecule has 0 aromatic heterocycles. The van der Waals surface area contributed by atoms with Crippen LogP contribution in [0.15, 0.2) is 71.7 Å². The van der Waals surface area contributed by atoms with Crippen LogP contribution in [0.5, 0.6) is 5.75 Å². The van der Waals surface area contributed by atoms with Gasteiger partial charge in [0.1, 0.15) is 0 Å². The summed E-state index contributed by atoms with van der Waals surface area (Å²) in [5, 5.41) is 14.1. The molecule has 3 rings (SSSR count). The molecule has 3 aromatic rings. The predicted octanol–water partition coefficient (Wildman–Crippen LogP) is 4.09. The minimum Gasteiger partial charge on any atom is -0.872 e. The summed E-state index contributed by atoms with van der Waals surface area (Å²) >= 11 is 0. The van der Waals surface area contributed by atoms with Crippen LogP contribution in [0.3, 0.4) is 0 Å². The molecule has 1 atom stereocenters. The molecule has 0 aliphatic carbocycles. The lowest BCUT2D eigenvalue weighted by molar-refractivity contribution is -0.268. The van der Waals surface area contributed by atoms with Crippen molar-refractivity contribution in [3.63, 3.8) is 0 Å². The van der Waals surface area contributed by atoms with Crippen LogP contribution >= 0.6 is 0 Å². The van der Waals surface area contributed by atoms with Crippen molar-refractivity contribution >= 4 is 17.0 Å². The fourth-order valence-corrected chi connectivity index (χ4v) is 2.35. The van der Waals surface area contributed by atoms with E-state index in [1.54, 1.807) is 12.3 Å². The lowest BCUT2D eigenvalue weighted by Crippen LogP contribution is -1.97. The van der Waals surface area contributed by atoms with Gasteiger partial charge in [0.25, 0.3) is 0 Å². The molecule has 0 heterocycles. The van der Waals surface area contributed by atoms with Crippen LogP contribution in [-0.2, 0) is 0 Å². The van der Waals surface area contributed by atoms with E-state index in [1.807, 2.05) is 67.6 Å². The van der Waals surface area contributed by atoms with Gasteiger partial charge in [-0.1, -0.05) is 66.4 Å². The number of fused-ring (bicyclic) bond motifs is 1. The number of nitrogens with zero attached hydrogens (tertiary/aromatic N) is 1. The van der Waals surface area contributed by atoms with Crippen LogP contribution in [-0.4, -0.2) is 6.21 Å². The standard InChI is InChI=1S/C19H17NO/c1-14(15-7-3-2-4-8-15)20-13-18-11-16-9-5-6-10-17(16)12-19(18)21/h2-14,21H,1H3/p-1/t14-/m0/s1. The first-order valence-electron chi connectivity index (χ1n) is 7.02. The van der Waals surface area contributed by atoms with E-state index in [4.69, 9.17) is 0 Å². The van der Waals surface area contributed by atoms with Crippen molar-refractivity contribution < 1.29 is 5.11 Å². The van der Waals surface area contributed by atoms with Gasteiger partial charge in [0.2, 0.25) is 0 Å². The molecule has 0 saturated carbocycles. The zero-order valence-electron chi connectivity index (χ0n) is 11.9. The Labute approximate surface area is 124 Å². The number of benzene rings is 3. The molecule has 2 nitrogen and oxygen atoms in total. The summed E-state index contributed by atoms with van der Waals surface area (Å²) in [6.07, 6.45) is 1.69. The van der Waals surface area contributed by atoms with Gasteiger partial charge < -0.3 is 5.11 Å². The molecule has 21 heavy (non-hydrogen) atoms. The third kappa shape index (κ3) is 2.95. The van der Waals surface area contributed by atoms with E-state index in [1.165, 1.54) is 0 Å². The maximum absolute atomic E-state index is 12.1. The van der Waals surface area contributed by atoms with E-state index < -0.39 is 0 Å². The topological polar surface area (TPSA) is 35.4 Å². The average Bonchev–Trinajstić information content (AvgIpc) is 2.53. The number of aliphatic imine (C=N–C) groups is 1. The minimum absolute atomic E-state index is 0.0118. The molecule has 104 valence electrons. The Bertz CT molecular complexity index is 778. The fourth-order valence-electron chi connectivity index (χ4n) is 2.35. The van der Waals surface area contributed by atoms with Crippen LogP contribution in [0.2, 0.25) is 0 Å². The van der Waals surface area contributed by atoms with Gasteiger partial charge >= 0.3 is 0 Å². The predicted molar refractivity (Wildman–Crippen MR) is 85.8 cm³/mol. The lowest BCUT2D eigenvalue weighted by Gasteiger charge is -2.13. The number of rotatable bonds is 3. The summed E-state index contributed by atoms with van der Waals surface area (Å²) in [7, 11) is 0. The van der Waals surface area contributed by atoms with Gasteiger partial charge in [-0.3, -0.25) is 4.99 Å². The fraction of sp³-hybridized carbons (Fsp3) is 0.105. The molecule has 2 heteroatoms. The number of hydrogen-bond donors (Lipinski definition) is 0. The second-order valence-electron chi connectivity index (χ2n) is 5.10. The Hall–Kier alpha value is -2.61. The average molecular weight is 274 g/mol. The normalized spacial score (nSPS) is 12.8. The SMILES string of the molecule is C[C@H](N=Cc1cc2ccccc2cc1[O-])c1ccccc1. The number of hydrogen-bond acceptors (Lipinski definition) is 2. The van der Waals surface area contributed by atoms with E-state index in [2.05, 4.69) is 4.99 Å². The summed E-state index contributed by atoms with van der Waals surface area (Å²) in [6, 6.07) is 21.5. The molecule has 0 spiro atoms. The zero-order valence-corrected chi connectivity index (χ0v) is 11.9. The molecule has 0 aliphatic heterocycles. The largest absolute Gasteiger partial charge is 0.872 e. The van der Waals surface area contributed by atoms with Gasteiger partial charge in [-0.05, 0) is 34.9 Å². The first-order valence-corrected chi connectivity index (χ1v) is 7.02. The van der Waals surface area contributed by atoms with E-state index in [0.29, 0.717) is 5.56 Å². The first-order chi connectivity index (χ1) is 10.2. The Balaban J connectivity index is 1.90. The third-order valence-corrected chi connectivity index (χ3v) is 3.60. The maximum atomic E-state index is 12.1. The Kier molecular flexibility index (Phi) is 3.69. The quantitative estimate of drug-likeness (QED) is 0.662. The van der Waals surface area contributed by atoms with Crippen molar-refractivity contribution in [3.05, 3.63) is 77.9 Å². The molecule has 0 N–H and O–H groups in total. The van der Waals surface area contributed by atoms with Crippen molar-refractivity contribution in [1.29, 1.82) is 0 Å². The summed E-state index contributed by atoms with van der Waals surface area (Å²) in [6.45, 7) is 2.03. The van der Waals surface area contributed by atoms with Crippen LogP contribution in [0.4, 0.5) is 0 Å². The first kappa shape index (κ1) is 13.4. The van der Waals surface area contributed by atoms with E-state index in [0.717, 1.165) is 16.3 Å². The molecule has 0 unspecified atom stereocenters. The Morgan fingerprint density at radius 2 is 1.52 bits per heavy atom. The summed E-state index contributed by atoms with van der Waals surface area (Å²) in [4.78, 5) is 4.51. The smallest absolute Gasteiger partial charge is 0.0721 e. The van der Waals surface area contributed by atoms with Gasteiger partial charge in [0.15, 0.2) is 0 Å². The van der Waals surface area contributed by atoms with Gasteiger partial charge in [-0.2, -0.15) is 0 Å². The lowest BCUT2D eigenvalue weighted by atomic mass is 10.1. The minimum atomic E-state index is 0.0118. The Morgan fingerprint density at radius 3 is 2.24 bits per heavy atom. The van der Waals surface area contributed by atoms with Crippen molar-refractivity contribution in [1.82, 2.24) is 0 Å². The molecule has 0 amide bonds. The van der Waals surface area contributed by atoms with Crippen molar-refractivity contribution in [2.75, 3.05) is 0 Å². The third-order valence-electron chi connectivity index (χ3n) is 3.60. The van der Waals surface area contributed by atoms with Crippen LogP contribution < -0.4 is 5.11 Å². The molecule has 0 radical (unpaired) electrons. The van der Waals surface area contributed by atoms with Gasteiger partial charge in [-0.25, -0.2) is 0 Å². The molecule has 3 aromatic carbocycles. The molecule has 0 bridgehead atoms. The van der Waals surface area contributed by atoms with E-state index in [9.17, 15) is 5.11 Å². The van der Waals surface area contributed by atoms with Crippen molar-refractivity contribution in [2.24, 2.45) is 4.99 Å². The van der Waals surface area contributed by atoms with Crippen LogP contribution in [0, 0.1) is 0 Å². The van der Waals surface area contributed by atoms with E-state index in [-0.39, 0.29) is 11.8 Å². The van der Waals surface area contributed by atoms with E-state index >= 15 is 0 Å². The molecular weight excluding hydrogens is 258 g/mol. The van der Waals surface area contributed by atoms with Gasteiger partial charge in [0.05, 0.1) is 6.04 Å². The van der Waals surface area contributed by atoms with Gasteiger partial charge in [-0.15, -0.1) is 0 Å². The van der Waals surface area contributed by atoms with Crippen molar-refractivity contribution in [2.45, 2.75) is 13.0 Å². The Morgan fingerprint density at radius 1 is 0.905 bits per heavy atom. The summed E-state index contributed by atoms with van der Waals surface area (Å²) < 4.78 is 0. The highest BCUT2D eigenvalue weighted by atomic mass is 16.3. The van der Waals surface area contributed by atoms with Crippen molar-refractivity contribution in [3.8, 4) is 5.75 Å². The molecule has 0 aliphatic rings. The highest BCUT2D eigenvalue weighted by molar-refractivity contribution is 5.93. The van der Waals surface area contributed by atoms with Crippen LogP contribution in [0.1, 0.15) is 24.1 Å². The van der Waals surface area contributed by atoms with Crippen LogP contribution in [0.25, 0.3) is 10.8 Å². The second kappa shape index (κ2) is 5.80. The highest BCUT2D eigenvalue weighted by Gasteiger charge is 2.01. The monoisotopic (exact) mass is 274 g/mol. The van der Waals surface area contributed by atoms with Gasteiger partial charge in [0, 0.05) is 6.21 Å². The molecule has 0 saturated heterocycles. The zero-order chi connectivity index (χ0) is 14.7. The molecule has 0 fully saturated rings. The maximum Gasteiger partial charge on any atom is 0.0721 e. The summed E-state index contributed by atoms with van der Waals surface area (Å²) in [5.41, 5.74) is 1.78.